The van der Waals surface area contributed by atoms with Crippen LogP contribution in [0.3, 0.4) is 0 Å². The average Bonchev–Trinajstić information content (AvgIpc) is 2.76. The van der Waals surface area contributed by atoms with Gasteiger partial charge in [0.15, 0.2) is 0 Å². The molecule has 0 amide bonds. The van der Waals surface area contributed by atoms with Gasteiger partial charge in [0, 0.05) is 12.1 Å². The lowest BCUT2D eigenvalue weighted by Crippen LogP contribution is -2.53. The largest absolute Gasteiger partial charge is 0.310 e. The zero-order chi connectivity index (χ0) is 15.3. The summed E-state index contributed by atoms with van der Waals surface area (Å²) in [6, 6.07) is 0.284. The fraction of sp³-hybridized carbons (Fsp3) is 0.875. The fourth-order valence-corrected chi connectivity index (χ4v) is 3.90. The van der Waals surface area contributed by atoms with E-state index in [1.165, 1.54) is 44.2 Å². The molecule has 120 valence electrons. The first-order chi connectivity index (χ1) is 10.2. The normalized spacial score (nSPS) is 20.4. The molecule has 1 fully saturated rings. The molecule has 1 aromatic heterocycles. The van der Waals surface area contributed by atoms with Crippen molar-refractivity contribution in [3.05, 3.63) is 11.9 Å². The van der Waals surface area contributed by atoms with Crippen molar-refractivity contribution in [3.63, 3.8) is 0 Å². The van der Waals surface area contributed by atoms with Crippen molar-refractivity contribution >= 4 is 0 Å². The quantitative estimate of drug-likeness (QED) is 0.819. The summed E-state index contributed by atoms with van der Waals surface area (Å²) in [5, 5.41) is 12.0. The van der Waals surface area contributed by atoms with Crippen molar-refractivity contribution < 1.29 is 0 Å². The average molecular weight is 293 g/mol. The Morgan fingerprint density at radius 1 is 1.29 bits per heavy atom. The molecule has 0 aromatic carbocycles. The van der Waals surface area contributed by atoms with Gasteiger partial charge in [-0.25, -0.2) is 4.68 Å². The van der Waals surface area contributed by atoms with Crippen LogP contribution in [-0.2, 0) is 6.54 Å². The summed E-state index contributed by atoms with van der Waals surface area (Å²) >= 11 is 0. The summed E-state index contributed by atoms with van der Waals surface area (Å²) in [6.07, 6.45) is 10.9. The molecular weight excluding hydrogens is 262 g/mol. The minimum atomic E-state index is 0.165. The highest BCUT2D eigenvalue weighted by molar-refractivity contribution is 5.13. The smallest absolute Gasteiger partial charge is 0.0775 e. The van der Waals surface area contributed by atoms with Crippen LogP contribution in [0.4, 0.5) is 0 Å². The molecule has 0 bridgehead atoms. The Morgan fingerprint density at radius 3 is 2.48 bits per heavy atom. The summed E-state index contributed by atoms with van der Waals surface area (Å²) < 4.78 is 2.08. The van der Waals surface area contributed by atoms with E-state index in [4.69, 9.17) is 0 Å². The van der Waals surface area contributed by atoms with Gasteiger partial charge in [-0.15, -0.1) is 5.10 Å². The zero-order valence-electron chi connectivity index (χ0n) is 14.1. The van der Waals surface area contributed by atoms with Crippen molar-refractivity contribution in [3.8, 4) is 0 Å². The molecule has 0 spiro atoms. The summed E-state index contributed by atoms with van der Waals surface area (Å²) in [5.74, 6) is 0. The standard InChI is InChI=1S/C16H31N5/c1-5-12-21-14(13-18-19-21)15(17-2)16(20(3)4)10-8-6-7-9-11-16/h13,15,17H,5-12H2,1-4H3. The molecule has 0 radical (unpaired) electrons. The van der Waals surface area contributed by atoms with Crippen LogP contribution in [-0.4, -0.2) is 46.6 Å². The number of rotatable bonds is 6. The molecule has 1 aromatic rings. The van der Waals surface area contributed by atoms with Crippen LogP contribution in [0, 0.1) is 0 Å². The van der Waals surface area contributed by atoms with E-state index >= 15 is 0 Å². The van der Waals surface area contributed by atoms with Gasteiger partial charge >= 0.3 is 0 Å². The second-order valence-electron chi connectivity index (χ2n) is 6.52. The van der Waals surface area contributed by atoms with Crippen LogP contribution in [0.1, 0.15) is 63.6 Å². The van der Waals surface area contributed by atoms with Gasteiger partial charge < -0.3 is 10.2 Å². The van der Waals surface area contributed by atoms with Crippen LogP contribution in [0.25, 0.3) is 0 Å². The number of nitrogens with zero attached hydrogens (tertiary/aromatic N) is 4. The maximum atomic E-state index is 4.29. The summed E-state index contributed by atoms with van der Waals surface area (Å²) in [4.78, 5) is 2.43. The fourth-order valence-electron chi connectivity index (χ4n) is 3.90. The number of aromatic nitrogens is 3. The molecule has 1 aliphatic carbocycles. The highest BCUT2D eigenvalue weighted by Gasteiger charge is 2.42. The van der Waals surface area contributed by atoms with Crippen molar-refractivity contribution in [2.75, 3.05) is 21.1 Å². The van der Waals surface area contributed by atoms with E-state index in [9.17, 15) is 0 Å². The van der Waals surface area contributed by atoms with Crippen molar-refractivity contribution in [2.45, 2.75) is 70.0 Å². The third-order valence-electron chi connectivity index (χ3n) is 5.06. The van der Waals surface area contributed by atoms with Gasteiger partial charge in [0.2, 0.25) is 0 Å². The minimum Gasteiger partial charge on any atom is -0.310 e. The van der Waals surface area contributed by atoms with Crippen molar-refractivity contribution in [2.24, 2.45) is 0 Å². The zero-order valence-corrected chi connectivity index (χ0v) is 14.1. The van der Waals surface area contributed by atoms with E-state index in [2.05, 4.69) is 53.3 Å². The molecule has 2 rings (SSSR count). The summed E-state index contributed by atoms with van der Waals surface area (Å²) in [6.45, 7) is 3.13. The number of hydrogen-bond acceptors (Lipinski definition) is 4. The summed E-state index contributed by atoms with van der Waals surface area (Å²) in [5.41, 5.74) is 1.40. The molecule has 5 nitrogen and oxygen atoms in total. The van der Waals surface area contributed by atoms with Crippen LogP contribution in [0.15, 0.2) is 6.20 Å². The molecule has 5 heteroatoms. The molecule has 21 heavy (non-hydrogen) atoms. The van der Waals surface area contributed by atoms with Gasteiger partial charge in [0.05, 0.1) is 17.9 Å². The van der Waals surface area contributed by atoms with Crippen LogP contribution >= 0.6 is 0 Å². The SMILES string of the molecule is CCCn1nncc1C(NC)C1(N(C)C)CCCCCC1. The van der Waals surface area contributed by atoms with Crippen LogP contribution < -0.4 is 5.32 Å². The third-order valence-corrected chi connectivity index (χ3v) is 5.06. The van der Waals surface area contributed by atoms with Crippen molar-refractivity contribution in [1.82, 2.24) is 25.2 Å². The molecule has 0 aliphatic heterocycles. The van der Waals surface area contributed by atoms with E-state index in [-0.39, 0.29) is 11.6 Å². The molecule has 0 saturated heterocycles. The predicted octanol–water partition coefficient (Wildman–Crippen LogP) is 2.60. The van der Waals surface area contributed by atoms with E-state index < -0.39 is 0 Å². The minimum absolute atomic E-state index is 0.165. The number of nitrogens with one attached hydrogen (secondary N) is 1. The molecule has 1 unspecified atom stereocenters. The Bertz CT molecular complexity index is 418. The summed E-state index contributed by atoms with van der Waals surface area (Å²) in [7, 11) is 6.53. The van der Waals surface area contributed by atoms with Gasteiger partial charge in [0.1, 0.15) is 0 Å². The van der Waals surface area contributed by atoms with E-state index in [0.717, 1.165) is 13.0 Å². The Labute approximate surface area is 129 Å². The lowest BCUT2D eigenvalue weighted by Gasteiger charge is -2.45. The van der Waals surface area contributed by atoms with E-state index in [1.54, 1.807) is 0 Å². The Kier molecular flexibility index (Phi) is 5.76. The predicted molar refractivity (Wildman–Crippen MR) is 86.2 cm³/mol. The first-order valence-electron chi connectivity index (χ1n) is 8.38. The lowest BCUT2D eigenvalue weighted by molar-refractivity contribution is 0.0794. The highest BCUT2D eigenvalue weighted by atomic mass is 15.4. The van der Waals surface area contributed by atoms with Gasteiger partial charge in [-0.2, -0.15) is 0 Å². The second kappa shape index (κ2) is 7.36. The molecular formula is C16H31N5. The van der Waals surface area contributed by atoms with Crippen LogP contribution in [0.5, 0.6) is 0 Å². The second-order valence-corrected chi connectivity index (χ2v) is 6.52. The van der Waals surface area contributed by atoms with Crippen LogP contribution in [0.2, 0.25) is 0 Å². The highest BCUT2D eigenvalue weighted by Crippen LogP contribution is 2.40. The lowest BCUT2D eigenvalue weighted by atomic mass is 9.80. The monoisotopic (exact) mass is 293 g/mol. The Balaban J connectivity index is 2.37. The molecule has 1 N–H and O–H groups in total. The third kappa shape index (κ3) is 3.29. The molecule has 1 saturated carbocycles. The van der Waals surface area contributed by atoms with Gasteiger partial charge in [0.25, 0.3) is 0 Å². The Morgan fingerprint density at radius 2 is 1.95 bits per heavy atom. The first-order valence-corrected chi connectivity index (χ1v) is 8.38. The van der Waals surface area contributed by atoms with Gasteiger partial charge in [-0.3, -0.25) is 0 Å². The number of hydrogen-bond donors (Lipinski definition) is 1. The van der Waals surface area contributed by atoms with Gasteiger partial charge in [-0.05, 0) is 40.4 Å². The number of aryl methyl sites for hydroxylation is 1. The molecule has 1 aliphatic rings. The van der Waals surface area contributed by atoms with Gasteiger partial charge in [-0.1, -0.05) is 37.8 Å². The maximum absolute atomic E-state index is 4.29. The van der Waals surface area contributed by atoms with E-state index in [0.29, 0.717) is 0 Å². The van der Waals surface area contributed by atoms with E-state index in [1.807, 2.05) is 6.20 Å². The topological polar surface area (TPSA) is 46.0 Å². The molecule has 1 atom stereocenters. The number of likely N-dealkylation sites (N-methyl/N-ethyl adjacent to an activating group) is 2. The molecule has 1 heterocycles. The first kappa shape index (κ1) is 16.4. The maximum Gasteiger partial charge on any atom is 0.0775 e. The van der Waals surface area contributed by atoms with Crippen molar-refractivity contribution in [1.29, 1.82) is 0 Å². The Hall–Kier alpha value is -0.940.